The van der Waals surface area contributed by atoms with Gasteiger partial charge in [-0.1, -0.05) is 53.6 Å². The van der Waals surface area contributed by atoms with Crippen LogP contribution in [-0.4, -0.2) is 27.1 Å². The third kappa shape index (κ3) is 6.40. The van der Waals surface area contributed by atoms with Gasteiger partial charge >= 0.3 is 6.18 Å². The molecule has 6 nitrogen and oxygen atoms in total. The molecule has 0 unspecified atom stereocenters. The lowest BCUT2D eigenvalue weighted by Crippen LogP contribution is -2.40. The molecule has 0 aliphatic rings. The summed E-state index contributed by atoms with van der Waals surface area (Å²) >= 11 is 6.08. The second-order valence-corrected chi connectivity index (χ2v) is 9.93. The van der Waals surface area contributed by atoms with E-state index in [1.165, 1.54) is 36.4 Å². The van der Waals surface area contributed by atoms with E-state index in [4.69, 9.17) is 11.6 Å². The Hall–Kier alpha value is -3.37. The number of sulfonamides is 1. The highest BCUT2D eigenvalue weighted by molar-refractivity contribution is 7.92. The van der Waals surface area contributed by atoms with Crippen LogP contribution in [0, 0.1) is 13.8 Å². The number of aryl methyl sites for hydroxylation is 2. The van der Waals surface area contributed by atoms with Gasteiger partial charge in [0.1, 0.15) is 6.54 Å². The van der Waals surface area contributed by atoms with Crippen molar-refractivity contribution in [2.45, 2.75) is 24.9 Å². The van der Waals surface area contributed by atoms with Crippen molar-refractivity contribution >= 4 is 39.4 Å². The zero-order chi connectivity index (χ0) is 25.8. The minimum absolute atomic E-state index is 0.0436. The molecule has 184 valence electrons. The van der Waals surface area contributed by atoms with Gasteiger partial charge in [0.25, 0.3) is 15.9 Å². The van der Waals surface area contributed by atoms with Crippen molar-refractivity contribution in [3.8, 4) is 0 Å². The molecule has 0 heterocycles. The number of nitrogens with one attached hydrogen (secondary N) is 1. The van der Waals surface area contributed by atoms with E-state index in [9.17, 15) is 26.4 Å². The number of halogens is 4. The van der Waals surface area contributed by atoms with Crippen molar-refractivity contribution in [3.63, 3.8) is 0 Å². The number of rotatable bonds is 7. The molecular formula is C24H21ClF3N3O3S. The summed E-state index contributed by atoms with van der Waals surface area (Å²) in [5.41, 5.74) is 2.50. The molecule has 3 aromatic carbocycles. The Morgan fingerprint density at radius 1 is 1.06 bits per heavy atom. The number of hydrogen-bond acceptors (Lipinski definition) is 4. The minimum Gasteiger partial charge on any atom is -0.271 e. The molecule has 0 aliphatic heterocycles. The fourth-order valence-corrected chi connectivity index (χ4v) is 4.84. The third-order valence-corrected chi connectivity index (χ3v) is 7.00. The molecule has 0 aliphatic carbocycles. The van der Waals surface area contributed by atoms with Crippen molar-refractivity contribution in [2.24, 2.45) is 5.10 Å². The average Bonchev–Trinajstić information content (AvgIpc) is 2.79. The van der Waals surface area contributed by atoms with E-state index in [1.807, 2.05) is 0 Å². The van der Waals surface area contributed by atoms with Gasteiger partial charge in [0.2, 0.25) is 0 Å². The maximum absolute atomic E-state index is 13.4. The molecule has 0 saturated heterocycles. The molecule has 3 aromatic rings. The predicted octanol–water partition coefficient (Wildman–Crippen LogP) is 5.32. The van der Waals surface area contributed by atoms with Crippen molar-refractivity contribution in [1.29, 1.82) is 0 Å². The smallest absolute Gasteiger partial charge is 0.271 e. The van der Waals surface area contributed by atoms with Crippen LogP contribution >= 0.6 is 11.6 Å². The average molecular weight is 524 g/mol. The molecule has 35 heavy (non-hydrogen) atoms. The molecule has 0 spiro atoms. The van der Waals surface area contributed by atoms with Gasteiger partial charge in [-0.3, -0.25) is 9.10 Å². The summed E-state index contributed by atoms with van der Waals surface area (Å²) in [5, 5.41) is 3.86. The molecule has 1 amide bonds. The number of carbonyl (C=O) groups is 1. The molecule has 1 N–H and O–H groups in total. The number of hydrogen-bond donors (Lipinski definition) is 1. The van der Waals surface area contributed by atoms with Crippen molar-refractivity contribution in [3.05, 3.63) is 94.0 Å². The van der Waals surface area contributed by atoms with Crippen LogP contribution in [0.1, 0.15) is 22.3 Å². The minimum atomic E-state index is -4.60. The maximum atomic E-state index is 13.4. The topological polar surface area (TPSA) is 78.8 Å². The highest BCUT2D eigenvalue weighted by atomic mass is 35.5. The number of carbonyl (C=O) groups excluding carboxylic acids is 1. The number of amides is 1. The number of alkyl halides is 3. The van der Waals surface area contributed by atoms with E-state index in [0.29, 0.717) is 5.56 Å². The molecule has 11 heteroatoms. The Morgan fingerprint density at radius 2 is 1.71 bits per heavy atom. The molecule has 0 saturated carbocycles. The normalized spacial score (nSPS) is 12.1. The number of anilines is 1. The largest absolute Gasteiger partial charge is 0.417 e. The monoisotopic (exact) mass is 523 g/mol. The van der Waals surface area contributed by atoms with Gasteiger partial charge in [0, 0.05) is 10.6 Å². The number of nitrogens with zero attached hydrogens (tertiary/aromatic N) is 2. The van der Waals surface area contributed by atoms with Crippen LogP contribution in [0.4, 0.5) is 18.9 Å². The van der Waals surface area contributed by atoms with Crippen molar-refractivity contribution in [1.82, 2.24) is 5.43 Å². The van der Waals surface area contributed by atoms with E-state index in [1.54, 1.807) is 38.1 Å². The van der Waals surface area contributed by atoms with Gasteiger partial charge in [-0.25, -0.2) is 13.8 Å². The number of hydrazone groups is 1. The van der Waals surface area contributed by atoms with Gasteiger partial charge in [0.05, 0.1) is 22.4 Å². The lowest BCUT2D eigenvalue weighted by Gasteiger charge is -2.25. The predicted molar refractivity (Wildman–Crippen MR) is 129 cm³/mol. The van der Waals surface area contributed by atoms with Gasteiger partial charge in [-0.05, 0) is 49.7 Å². The Balaban J connectivity index is 1.90. The second-order valence-electron chi connectivity index (χ2n) is 7.63. The fraction of sp³-hybridized carbons (Fsp3) is 0.167. The van der Waals surface area contributed by atoms with E-state index in [-0.39, 0.29) is 21.2 Å². The Morgan fingerprint density at radius 3 is 2.37 bits per heavy atom. The lowest BCUT2D eigenvalue weighted by atomic mass is 10.1. The zero-order valence-electron chi connectivity index (χ0n) is 18.7. The standard InChI is InChI=1S/C24H21ClF3N3O3S/c1-16-7-11-20(12-8-16)35(33,34)31(22-13-19(25)10-9-17(22)2)15-23(32)30-29-14-18-5-3-4-6-21(18)24(26,27)28/h3-14H,15H2,1-2H3,(H,30,32)/b29-14-. The summed E-state index contributed by atoms with van der Waals surface area (Å²) in [6.07, 6.45) is -3.75. The molecule has 0 fully saturated rings. The summed E-state index contributed by atoms with van der Waals surface area (Å²) in [4.78, 5) is 12.6. The summed E-state index contributed by atoms with van der Waals surface area (Å²) in [6.45, 7) is 2.78. The van der Waals surface area contributed by atoms with Crippen LogP contribution in [0.15, 0.2) is 76.7 Å². The Labute approximate surface area is 206 Å². The van der Waals surface area contributed by atoms with E-state index < -0.39 is 34.2 Å². The highest BCUT2D eigenvalue weighted by Gasteiger charge is 2.32. The zero-order valence-corrected chi connectivity index (χ0v) is 20.2. The van der Waals surface area contributed by atoms with Gasteiger partial charge < -0.3 is 0 Å². The summed E-state index contributed by atoms with van der Waals surface area (Å²) in [5.74, 6) is -0.860. The fourth-order valence-electron chi connectivity index (χ4n) is 3.20. The van der Waals surface area contributed by atoms with Crippen LogP contribution in [0.5, 0.6) is 0 Å². The first-order valence-corrected chi connectivity index (χ1v) is 12.0. The van der Waals surface area contributed by atoms with Crippen LogP contribution in [0.3, 0.4) is 0 Å². The molecule has 0 radical (unpaired) electrons. The quantitative estimate of drug-likeness (QED) is 0.336. The Kier molecular flexibility index (Phi) is 7.86. The molecule has 0 bridgehead atoms. The van der Waals surface area contributed by atoms with Crippen LogP contribution < -0.4 is 9.73 Å². The summed E-state index contributed by atoms with van der Waals surface area (Å²) in [7, 11) is -4.20. The summed E-state index contributed by atoms with van der Waals surface area (Å²) in [6, 6.07) is 15.4. The first-order chi connectivity index (χ1) is 16.4. The molecule has 0 atom stereocenters. The first-order valence-electron chi connectivity index (χ1n) is 10.2. The molecule has 3 rings (SSSR count). The van der Waals surface area contributed by atoms with Gasteiger partial charge in [0.15, 0.2) is 0 Å². The van der Waals surface area contributed by atoms with Crippen LogP contribution in [-0.2, 0) is 21.0 Å². The highest BCUT2D eigenvalue weighted by Crippen LogP contribution is 2.31. The van der Waals surface area contributed by atoms with Crippen LogP contribution in [0.25, 0.3) is 0 Å². The van der Waals surface area contributed by atoms with E-state index in [0.717, 1.165) is 22.1 Å². The first kappa shape index (κ1) is 26.2. The molecule has 0 aromatic heterocycles. The van der Waals surface area contributed by atoms with Gasteiger partial charge in [-0.2, -0.15) is 18.3 Å². The van der Waals surface area contributed by atoms with Gasteiger partial charge in [-0.15, -0.1) is 0 Å². The second kappa shape index (κ2) is 10.5. The van der Waals surface area contributed by atoms with E-state index in [2.05, 4.69) is 10.5 Å². The number of benzene rings is 3. The van der Waals surface area contributed by atoms with E-state index >= 15 is 0 Å². The van der Waals surface area contributed by atoms with Crippen LogP contribution in [0.2, 0.25) is 5.02 Å². The SMILES string of the molecule is Cc1ccc(S(=O)(=O)N(CC(=O)N/N=C\c2ccccc2C(F)(F)F)c2cc(Cl)ccc2C)cc1. The Bertz CT molecular complexity index is 1360. The third-order valence-electron chi connectivity index (χ3n) is 5.00. The van der Waals surface area contributed by atoms with Crippen molar-refractivity contribution in [2.75, 3.05) is 10.8 Å². The molecular weight excluding hydrogens is 503 g/mol. The lowest BCUT2D eigenvalue weighted by molar-refractivity contribution is -0.137. The summed E-state index contributed by atoms with van der Waals surface area (Å²) < 4.78 is 67.2. The maximum Gasteiger partial charge on any atom is 0.417 e. The van der Waals surface area contributed by atoms with Crippen molar-refractivity contribution < 1.29 is 26.4 Å².